The highest BCUT2D eigenvalue weighted by atomic mass is 35.5. The summed E-state index contributed by atoms with van der Waals surface area (Å²) >= 11 is 0. The van der Waals surface area contributed by atoms with E-state index in [2.05, 4.69) is 10.2 Å². The van der Waals surface area contributed by atoms with Crippen molar-refractivity contribution in [1.29, 1.82) is 0 Å². The van der Waals surface area contributed by atoms with Crippen molar-refractivity contribution in [2.24, 2.45) is 0 Å². The average molecular weight is 325 g/mol. The van der Waals surface area contributed by atoms with Gasteiger partial charge < -0.3 is 10.4 Å². The Balaban J connectivity index is 0.00000176. The van der Waals surface area contributed by atoms with Crippen molar-refractivity contribution in [2.45, 2.75) is 12.5 Å². The smallest absolute Gasteiger partial charge is 0.123 e. The number of hydrogen-bond acceptors (Lipinski definition) is 3. The van der Waals surface area contributed by atoms with Gasteiger partial charge in [-0.3, -0.25) is 9.29 Å². The van der Waals surface area contributed by atoms with Crippen LogP contribution in [0.3, 0.4) is 0 Å². The molecule has 0 spiro atoms. The van der Waals surface area contributed by atoms with Crippen LogP contribution in [-0.4, -0.2) is 42.9 Å². The molecule has 2 N–H and O–H groups in total. The number of alkyl halides is 1. The van der Waals surface area contributed by atoms with E-state index in [1.807, 2.05) is 30.3 Å². The molecule has 0 amide bonds. The largest absolute Gasteiger partial charge is 0.507 e. The minimum Gasteiger partial charge on any atom is -0.507 e. The number of phenolic OH excluding ortho intramolecular Hbond substituents is 1. The Morgan fingerprint density at radius 2 is 1.77 bits per heavy atom. The number of aromatic hydroxyl groups is 1. The van der Waals surface area contributed by atoms with Gasteiger partial charge in [0, 0.05) is 37.6 Å². The molecule has 2 aromatic rings. The van der Waals surface area contributed by atoms with Crippen LogP contribution in [0.2, 0.25) is 0 Å². The average Bonchev–Trinajstić information content (AvgIpc) is 2.55. The molecule has 5 heteroatoms. The SMILES string of the molecule is Cl.Oc1ccc([C@H](CCF)N2CCNCC2)c2ccccc12. The molecule has 3 rings (SSSR count). The van der Waals surface area contributed by atoms with Crippen LogP contribution >= 0.6 is 12.4 Å². The van der Waals surface area contributed by atoms with Gasteiger partial charge >= 0.3 is 0 Å². The number of piperazine rings is 1. The van der Waals surface area contributed by atoms with Crippen LogP contribution in [-0.2, 0) is 0 Å². The lowest BCUT2D eigenvalue weighted by Crippen LogP contribution is -2.45. The van der Waals surface area contributed by atoms with Crippen LogP contribution in [0.5, 0.6) is 5.75 Å². The minimum atomic E-state index is -0.330. The summed E-state index contributed by atoms with van der Waals surface area (Å²) in [6.45, 7) is 3.42. The van der Waals surface area contributed by atoms with E-state index < -0.39 is 0 Å². The molecular weight excluding hydrogens is 303 g/mol. The zero-order valence-electron chi connectivity index (χ0n) is 12.5. The fraction of sp³-hybridized carbons (Fsp3) is 0.412. The van der Waals surface area contributed by atoms with Crippen molar-refractivity contribution in [1.82, 2.24) is 10.2 Å². The lowest BCUT2D eigenvalue weighted by molar-refractivity contribution is 0.158. The molecule has 0 bridgehead atoms. The number of phenols is 1. The van der Waals surface area contributed by atoms with Gasteiger partial charge in [0.05, 0.1) is 6.67 Å². The second-order valence-electron chi connectivity index (χ2n) is 5.50. The van der Waals surface area contributed by atoms with Crippen LogP contribution < -0.4 is 5.32 Å². The molecule has 1 saturated heterocycles. The molecule has 0 aliphatic carbocycles. The zero-order chi connectivity index (χ0) is 14.7. The monoisotopic (exact) mass is 324 g/mol. The van der Waals surface area contributed by atoms with E-state index in [-0.39, 0.29) is 30.9 Å². The molecule has 1 heterocycles. The molecule has 1 fully saturated rings. The lowest BCUT2D eigenvalue weighted by atomic mass is 9.95. The second-order valence-corrected chi connectivity index (χ2v) is 5.50. The number of benzene rings is 2. The van der Waals surface area contributed by atoms with Crippen molar-refractivity contribution in [2.75, 3.05) is 32.9 Å². The molecule has 22 heavy (non-hydrogen) atoms. The van der Waals surface area contributed by atoms with Crippen LogP contribution in [0.1, 0.15) is 18.0 Å². The van der Waals surface area contributed by atoms with Gasteiger partial charge in [0.2, 0.25) is 0 Å². The van der Waals surface area contributed by atoms with E-state index in [1.165, 1.54) is 0 Å². The molecule has 120 valence electrons. The van der Waals surface area contributed by atoms with Crippen molar-refractivity contribution in [3.63, 3.8) is 0 Å². The Morgan fingerprint density at radius 3 is 2.45 bits per heavy atom. The normalized spacial score (nSPS) is 17.1. The predicted octanol–water partition coefficient (Wildman–Crippen LogP) is 3.27. The number of fused-ring (bicyclic) bond motifs is 1. The quantitative estimate of drug-likeness (QED) is 0.906. The molecule has 3 nitrogen and oxygen atoms in total. The van der Waals surface area contributed by atoms with Crippen molar-refractivity contribution < 1.29 is 9.50 Å². The lowest BCUT2D eigenvalue weighted by Gasteiger charge is -2.35. The van der Waals surface area contributed by atoms with E-state index in [1.54, 1.807) is 6.07 Å². The van der Waals surface area contributed by atoms with E-state index in [4.69, 9.17) is 0 Å². The molecule has 0 aromatic heterocycles. The molecule has 1 aliphatic rings. The Labute approximate surface area is 136 Å². The predicted molar refractivity (Wildman–Crippen MR) is 90.6 cm³/mol. The first-order valence-corrected chi connectivity index (χ1v) is 7.52. The summed E-state index contributed by atoms with van der Waals surface area (Å²) in [6, 6.07) is 11.6. The van der Waals surface area contributed by atoms with E-state index >= 15 is 0 Å². The first-order chi connectivity index (χ1) is 10.3. The fourth-order valence-electron chi connectivity index (χ4n) is 3.23. The number of hydrogen-bond donors (Lipinski definition) is 2. The van der Waals surface area contributed by atoms with Gasteiger partial charge in [0.15, 0.2) is 0 Å². The van der Waals surface area contributed by atoms with Gasteiger partial charge in [-0.15, -0.1) is 12.4 Å². The standard InChI is InChI=1S/C17H21FN2O.ClH/c18-8-7-16(20-11-9-19-10-12-20)14-5-6-17(21)15-4-2-1-3-13(14)15;/h1-6,16,19,21H,7-12H2;1H/t16-;/m0./s1. The molecular formula is C17H22ClFN2O. The Hall–Kier alpha value is -1.36. The third-order valence-electron chi connectivity index (χ3n) is 4.27. The van der Waals surface area contributed by atoms with Gasteiger partial charge in [0.25, 0.3) is 0 Å². The Bertz CT molecular complexity index is 617. The Morgan fingerprint density at radius 1 is 1.09 bits per heavy atom. The van der Waals surface area contributed by atoms with Crippen molar-refractivity contribution in [3.05, 3.63) is 42.0 Å². The first kappa shape index (κ1) is 17.0. The van der Waals surface area contributed by atoms with Crippen LogP contribution in [0.25, 0.3) is 10.8 Å². The molecule has 0 saturated carbocycles. The van der Waals surface area contributed by atoms with Gasteiger partial charge in [0.1, 0.15) is 5.75 Å². The maximum atomic E-state index is 13.1. The summed E-state index contributed by atoms with van der Waals surface area (Å²) in [5, 5.41) is 15.2. The third kappa shape index (κ3) is 3.35. The van der Waals surface area contributed by atoms with E-state index in [0.29, 0.717) is 6.42 Å². The minimum absolute atomic E-state index is 0. The molecule has 1 aliphatic heterocycles. The number of halogens is 2. The fourth-order valence-corrected chi connectivity index (χ4v) is 3.23. The highest BCUT2D eigenvalue weighted by Gasteiger charge is 2.23. The highest BCUT2D eigenvalue weighted by molar-refractivity contribution is 5.91. The van der Waals surface area contributed by atoms with Crippen LogP contribution in [0, 0.1) is 0 Å². The molecule has 2 aromatic carbocycles. The van der Waals surface area contributed by atoms with Gasteiger partial charge in [-0.05, 0) is 23.4 Å². The van der Waals surface area contributed by atoms with Crippen LogP contribution in [0.15, 0.2) is 36.4 Å². The zero-order valence-corrected chi connectivity index (χ0v) is 13.3. The summed E-state index contributed by atoms with van der Waals surface area (Å²) in [6.07, 6.45) is 0.495. The number of nitrogens with zero attached hydrogens (tertiary/aromatic N) is 1. The summed E-state index contributed by atoms with van der Waals surface area (Å²) in [5.41, 5.74) is 1.11. The topological polar surface area (TPSA) is 35.5 Å². The third-order valence-corrected chi connectivity index (χ3v) is 4.27. The first-order valence-electron chi connectivity index (χ1n) is 7.52. The summed E-state index contributed by atoms with van der Waals surface area (Å²) in [4.78, 5) is 2.34. The summed E-state index contributed by atoms with van der Waals surface area (Å²) in [7, 11) is 0. The van der Waals surface area contributed by atoms with Gasteiger partial charge in [-0.25, -0.2) is 0 Å². The molecule has 1 atom stereocenters. The maximum absolute atomic E-state index is 13.1. The van der Waals surface area contributed by atoms with Gasteiger partial charge in [-0.2, -0.15) is 0 Å². The molecule has 0 radical (unpaired) electrons. The maximum Gasteiger partial charge on any atom is 0.123 e. The van der Waals surface area contributed by atoms with E-state index in [0.717, 1.165) is 42.5 Å². The van der Waals surface area contributed by atoms with E-state index in [9.17, 15) is 9.50 Å². The number of rotatable bonds is 4. The van der Waals surface area contributed by atoms with Crippen molar-refractivity contribution >= 4 is 23.2 Å². The summed E-state index contributed by atoms with van der Waals surface area (Å²) < 4.78 is 13.1. The second kappa shape index (κ2) is 7.77. The van der Waals surface area contributed by atoms with Crippen LogP contribution in [0.4, 0.5) is 4.39 Å². The van der Waals surface area contributed by atoms with Gasteiger partial charge in [-0.1, -0.05) is 30.3 Å². The number of nitrogens with one attached hydrogen (secondary N) is 1. The highest BCUT2D eigenvalue weighted by Crippen LogP contribution is 2.34. The summed E-state index contributed by atoms with van der Waals surface area (Å²) in [5.74, 6) is 0.286. The molecule has 0 unspecified atom stereocenters. The van der Waals surface area contributed by atoms with Crippen molar-refractivity contribution in [3.8, 4) is 5.75 Å². The Kier molecular flexibility index (Phi) is 6.00.